The van der Waals surface area contributed by atoms with Crippen LogP contribution in [0, 0.1) is 0 Å². The van der Waals surface area contributed by atoms with Crippen molar-refractivity contribution in [3.63, 3.8) is 0 Å². The van der Waals surface area contributed by atoms with E-state index in [2.05, 4.69) is 65.1 Å². The number of nitrogens with one attached hydrogen (secondary N) is 1. The Bertz CT molecular complexity index is 730. The van der Waals surface area contributed by atoms with Crippen molar-refractivity contribution in [2.75, 3.05) is 11.5 Å². The van der Waals surface area contributed by atoms with E-state index in [1.165, 1.54) is 15.8 Å². The van der Waals surface area contributed by atoms with Gasteiger partial charge in [0.05, 0.1) is 5.69 Å². The van der Waals surface area contributed by atoms with Gasteiger partial charge in [0.15, 0.2) is 0 Å². The molecule has 0 saturated heterocycles. The molecule has 0 aliphatic carbocycles. The van der Waals surface area contributed by atoms with E-state index in [0.29, 0.717) is 0 Å². The molecule has 112 valence electrons. The zero-order valence-electron chi connectivity index (χ0n) is 12.2. The lowest BCUT2D eigenvalue weighted by atomic mass is 10.2. The number of thioether (sulfide) groups is 1. The van der Waals surface area contributed by atoms with E-state index in [9.17, 15) is 0 Å². The van der Waals surface area contributed by atoms with Crippen molar-refractivity contribution >= 4 is 46.3 Å². The molecule has 0 amide bonds. The molecule has 1 N–H and O–H groups in total. The maximum absolute atomic E-state index is 4.30. The number of nitrogens with zero attached hydrogens (tertiary/aromatic N) is 1. The lowest BCUT2D eigenvalue weighted by Gasteiger charge is -2.05. The average Bonchev–Trinajstić information content (AvgIpc) is 2.99. The summed E-state index contributed by atoms with van der Waals surface area (Å²) in [5, 5.41) is 1.24. The van der Waals surface area contributed by atoms with Crippen molar-refractivity contribution in [3.05, 3.63) is 66.1 Å². The fourth-order valence-electron chi connectivity index (χ4n) is 2.26. The van der Waals surface area contributed by atoms with Crippen LogP contribution >= 0.6 is 24.4 Å². The van der Waals surface area contributed by atoms with Crippen LogP contribution in [-0.2, 0) is 0 Å². The van der Waals surface area contributed by atoms with Gasteiger partial charge in [-0.15, -0.1) is 11.8 Å². The third-order valence-electron chi connectivity index (χ3n) is 3.34. The van der Waals surface area contributed by atoms with Gasteiger partial charge in [-0.25, -0.2) is 0 Å². The molecule has 2 nitrogen and oxygen atoms in total. The van der Waals surface area contributed by atoms with Gasteiger partial charge < -0.3 is 4.98 Å². The number of rotatable bonds is 6. The summed E-state index contributed by atoms with van der Waals surface area (Å²) in [6.45, 7) is 0. The van der Waals surface area contributed by atoms with E-state index < -0.39 is 0 Å². The van der Waals surface area contributed by atoms with Crippen molar-refractivity contribution in [2.24, 2.45) is 0 Å². The van der Waals surface area contributed by atoms with E-state index >= 15 is 0 Å². The van der Waals surface area contributed by atoms with Gasteiger partial charge in [0, 0.05) is 28.2 Å². The number of aromatic amines is 1. The normalized spacial score (nSPS) is 12.0. The van der Waals surface area contributed by atoms with Crippen molar-refractivity contribution in [1.82, 2.24) is 9.97 Å². The highest BCUT2D eigenvalue weighted by atomic mass is 32.2. The Morgan fingerprint density at radius 1 is 1.23 bits per heavy atom. The summed E-state index contributed by atoms with van der Waals surface area (Å²) in [7, 11) is 0. The number of benzene rings is 1. The maximum Gasteiger partial charge on any atom is 0.0529 e. The van der Waals surface area contributed by atoms with Crippen LogP contribution in [0.3, 0.4) is 0 Å². The summed E-state index contributed by atoms with van der Waals surface area (Å²) in [6.07, 6.45) is 6.98. The third kappa shape index (κ3) is 3.76. The summed E-state index contributed by atoms with van der Waals surface area (Å²) in [5.41, 5.74) is 3.45. The van der Waals surface area contributed by atoms with Gasteiger partial charge >= 0.3 is 0 Å². The van der Waals surface area contributed by atoms with Gasteiger partial charge in [0.2, 0.25) is 0 Å². The van der Waals surface area contributed by atoms with Gasteiger partial charge in [-0.2, -0.15) is 12.6 Å². The second-order valence-electron chi connectivity index (χ2n) is 4.99. The van der Waals surface area contributed by atoms with Crippen LogP contribution in [0.15, 0.2) is 54.9 Å². The molecule has 0 bridgehead atoms. The number of aromatic nitrogens is 2. The predicted molar refractivity (Wildman–Crippen MR) is 101 cm³/mol. The molecule has 0 radical (unpaired) electrons. The zero-order chi connectivity index (χ0) is 15.2. The molecule has 0 spiro atoms. The molecule has 4 heteroatoms. The summed E-state index contributed by atoms with van der Waals surface area (Å²) in [4.78, 5) is 8.95. The van der Waals surface area contributed by atoms with Crippen LogP contribution in [0.1, 0.15) is 17.7 Å². The lowest BCUT2D eigenvalue weighted by molar-refractivity contribution is 1.13. The SMILES string of the molecule is SCCCSC(=Cc1cccnc1)c1cc2ccccc2[nH]1. The molecule has 2 aromatic heterocycles. The molecule has 0 unspecified atom stereocenters. The number of fused-ring (bicyclic) bond motifs is 1. The van der Waals surface area contributed by atoms with Crippen molar-refractivity contribution < 1.29 is 0 Å². The first kappa shape index (κ1) is 15.3. The number of hydrogen-bond acceptors (Lipinski definition) is 3. The van der Waals surface area contributed by atoms with Crippen molar-refractivity contribution in [2.45, 2.75) is 6.42 Å². The Morgan fingerprint density at radius 3 is 2.91 bits per heavy atom. The molecule has 0 atom stereocenters. The van der Waals surface area contributed by atoms with Gasteiger partial charge in [-0.3, -0.25) is 4.98 Å². The van der Waals surface area contributed by atoms with Gasteiger partial charge in [-0.1, -0.05) is 24.3 Å². The van der Waals surface area contributed by atoms with E-state index in [4.69, 9.17) is 0 Å². The molecular formula is C18H18N2S2. The second kappa shape index (κ2) is 7.56. The molecule has 3 rings (SSSR count). The van der Waals surface area contributed by atoms with Crippen molar-refractivity contribution in [1.29, 1.82) is 0 Å². The fraction of sp³-hybridized carbons (Fsp3) is 0.167. The lowest BCUT2D eigenvalue weighted by Crippen LogP contribution is -1.86. The van der Waals surface area contributed by atoms with Crippen LogP contribution < -0.4 is 0 Å². The summed E-state index contributed by atoms with van der Waals surface area (Å²) in [6, 6.07) is 14.6. The number of pyridine rings is 1. The van der Waals surface area contributed by atoms with Crippen LogP contribution in [-0.4, -0.2) is 21.5 Å². The van der Waals surface area contributed by atoms with Crippen LogP contribution in [0.4, 0.5) is 0 Å². The third-order valence-corrected chi connectivity index (χ3v) is 4.80. The molecule has 22 heavy (non-hydrogen) atoms. The fourth-order valence-corrected chi connectivity index (χ4v) is 3.63. The van der Waals surface area contributed by atoms with Crippen LogP contribution in [0.2, 0.25) is 0 Å². The Labute approximate surface area is 140 Å². The molecule has 3 aromatic rings. The first-order chi connectivity index (χ1) is 10.9. The zero-order valence-corrected chi connectivity index (χ0v) is 13.9. The van der Waals surface area contributed by atoms with E-state index in [-0.39, 0.29) is 0 Å². The second-order valence-corrected chi connectivity index (χ2v) is 6.57. The largest absolute Gasteiger partial charge is 0.354 e. The topological polar surface area (TPSA) is 28.7 Å². The molecular weight excluding hydrogens is 308 g/mol. The summed E-state index contributed by atoms with van der Waals surface area (Å²) < 4.78 is 0. The number of H-pyrrole nitrogens is 1. The molecule has 0 fully saturated rings. The van der Waals surface area contributed by atoms with Crippen LogP contribution in [0.25, 0.3) is 21.9 Å². The van der Waals surface area contributed by atoms with Gasteiger partial charge in [-0.05, 0) is 47.8 Å². The van der Waals surface area contributed by atoms with E-state index in [0.717, 1.165) is 29.2 Å². The number of thiol groups is 1. The van der Waals surface area contributed by atoms with Gasteiger partial charge in [0.1, 0.15) is 0 Å². The highest BCUT2D eigenvalue weighted by Gasteiger charge is 2.07. The highest BCUT2D eigenvalue weighted by molar-refractivity contribution is 8.08. The Kier molecular flexibility index (Phi) is 5.24. The minimum Gasteiger partial charge on any atom is -0.354 e. The van der Waals surface area contributed by atoms with E-state index in [1.807, 2.05) is 24.0 Å². The molecule has 0 aliphatic heterocycles. The van der Waals surface area contributed by atoms with Crippen molar-refractivity contribution in [3.8, 4) is 0 Å². The van der Waals surface area contributed by atoms with Gasteiger partial charge in [0.25, 0.3) is 0 Å². The summed E-state index contributed by atoms with van der Waals surface area (Å²) in [5.74, 6) is 1.98. The predicted octanol–water partition coefficient (Wildman–Crippen LogP) is 5.11. The highest BCUT2D eigenvalue weighted by Crippen LogP contribution is 2.31. The summed E-state index contributed by atoms with van der Waals surface area (Å²) >= 11 is 6.16. The molecule has 0 saturated carbocycles. The standard InChI is InChI=1S/C18H18N2S2/c21-9-4-10-22-18(11-14-5-3-8-19-13-14)17-12-15-6-1-2-7-16(15)20-17/h1-3,5-8,11-13,20-21H,4,9-10H2. The smallest absolute Gasteiger partial charge is 0.0529 e. The monoisotopic (exact) mass is 326 g/mol. The maximum atomic E-state index is 4.30. The van der Waals surface area contributed by atoms with Crippen LogP contribution in [0.5, 0.6) is 0 Å². The molecule has 0 aliphatic rings. The minimum absolute atomic E-state index is 0.917. The average molecular weight is 326 g/mol. The number of para-hydroxylation sites is 1. The first-order valence-corrected chi connectivity index (χ1v) is 8.92. The molecule has 2 heterocycles. The minimum atomic E-state index is 0.917. The van der Waals surface area contributed by atoms with E-state index in [1.54, 1.807) is 6.20 Å². The molecule has 1 aromatic carbocycles. The Balaban J connectivity index is 1.95. The Morgan fingerprint density at radius 2 is 2.14 bits per heavy atom. The first-order valence-electron chi connectivity index (χ1n) is 7.30. The quantitative estimate of drug-likeness (QED) is 0.486. The Hall–Kier alpha value is -1.65. The number of hydrogen-bond donors (Lipinski definition) is 2.